The number of amides is 1. The van der Waals surface area contributed by atoms with Crippen molar-refractivity contribution >= 4 is 35.1 Å². The summed E-state index contributed by atoms with van der Waals surface area (Å²) in [4.78, 5) is 26.0. The van der Waals surface area contributed by atoms with Gasteiger partial charge in [0.05, 0.1) is 18.7 Å². The summed E-state index contributed by atoms with van der Waals surface area (Å²) in [5, 5.41) is 3.09. The molecule has 0 fully saturated rings. The van der Waals surface area contributed by atoms with Gasteiger partial charge in [0.15, 0.2) is 0 Å². The first kappa shape index (κ1) is 15.5. The lowest BCUT2D eigenvalue weighted by Gasteiger charge is -2.00. The van der Waals surface area contributed by atoms with E-state index in [0.29, 0.717) is 17.1 Å². The van der Waals surface area contributed by atoms with Gasteiger partial charge in [-0.3, -0.25) is 4.79 Å². The molecule has 0 atom stereocenters. The Labute approximate surface area is 130 Å². The van der Waals surface area contributed by atoms with Crippen molar-refractivity contribution in [1.82, 2.24) is 10.3 Å². The summed E-state index contributed by atoms with van der Waals surface area (Å²) in [7, 11) is 1.29. The average Bonchev–Trinajstić information content (AvgIpc) is 2.99. The van der Waals surface area contributed by atoms with Crippen LogP contribution in [0.5, 0.6) is 0 Å². The predicted octanol–water partition coefficient (Wildman–Crippen LogP) is 2.94. The third kappa shape index (κ3) is 3.40. The molecule has 0 aliphatic rings. The highest BCUT2D eigenvalue weighted by Crippen LogP contribution is 2.22. The number of furan rings is 1. The fraction of sp³-hybridized carbons (Fsp3) is 0.231. The molecule has 1 amide bonds. The highest BCUT2D eigenvalue weighted by atomic mass is 35.5. The smallest absolute Gasteiger partial charge is 0.341 e. The Hall–Kier alpha value is -1.92. The quantitative estimate of drug-likeness (QED) is 0.844. The van der Waals surface area contributed by atoms with E-state index in [4.69, 9.17) is 27.6 Å². The van der Waals surface area contributed by atoms with Gasteiger partial charge in [0.1, 0.15) is 27.9 Å². The monoisotopic (exact) mass is 330 g/mol. The van der Waals surface area contributed by atoms with Gasteiger partial charge in [-0.05, 0) is 19.1 Å². The summed E-state index contributed by atoms with van der Waals surface area (Å²) in [5.74, 6) is -0.0173. The molecule has 2 aromatic rings. The molecular formula is C13H12Cl2N2O4. The molecule has 2 rings (SSSR count). The van der Waals surface area contributed by atoms with Gasteiger partial charge in [-0.25, -0.2) is 4.79 Å². The van der Waals surface area contributed by atoms with E-state index in [2.05, 4.69) is 15.0 Å². The van der Waals surface area contributed by atoms with Gasteiger partial charge in [0.25, 0.3) is 5.91 Å². The third-order valence-electron chi connectivity index (χ3n) is 2.77. The molecule has 2 aromatic heterocycles. The number of carbonyl (C=O) groups excluding carboxylic acids is 2. The summed E-state index contributed by atoms with van der Waals surface area (Å²) in [6.45, 7) is 1.76. The molecular weight excluding hydrogens is 319 g/mol. The normalized spacial score (nSPS) is 10.5. The number of carbonyl (C=O) groups is 2. The topological polar surface area (TPSA) is 84.3 Å². The first-order chi connectivity index (χ1) is 9.92. The number of hydrogen-bond acceptors (Lipinski definition) is 4. The van der Waals surface area contributed by atoms with Gasteiger partial charge in [0.2, 0.25) is 0 Å². The molecule has 0 radical (unpaired) electrons. The molecule has 6 nitrogen and oxygen atoms in total. The summed E-state index contributed by atoms with van der Waals surface area (Å²) in [6, 6.07) is 2.95. The zero-order valence-electron chi connectivity index (χ0n) is 11.3. The second kappa shape index (κ2) is 6.24. The number of hydrogen-bond donors (Lipinski definition) is 2. The number of ether oxygens (including phenoxy) is 1. The molecule has 0 bridgehead atoms. The van der Waals surface area contributed by atoms with E-state index in [1.54, 1.807) is 6.92 Å². The van der Waals surface area contributed by atoms with Crippen LogP contribution in [0.2, 0.25) is 10.2 Å². The number of methoxy groups -OCH3 is 1. The summed E-state index contributed by atoms with van der Waals surface area (Å²) >= 11 is 11.5. The Bertz CT molecular complexity index is 671. The molecule has 0 aliphatic heterocycles. The molecule has 8 heteroatoms. The molecule has 0 saturated carbocycles. The third-order valence-corrected chi connectivity index (χ3v) is 3.46. The number of aromatic nitrogens is 1. The standard InChI is InChI=1S/C13H12Cl2N2O4/c1-6-8(13(19)20-2)3-7(21-6)5-16-12(18)10-4-9(14)11(15)17-10/h3-4,17H,5H2,1-2H3,(H,16,18). The largest absolute Gasteiger partial charge is 0.465 e. The molecule has 2 N–H and O–H groups in total. The number of nitrogens with one attached hydrogen (secondary N) is 2. The van der Waals surface area contributed by atoms with E-state index < -0.39 is 11.9 Å². The van der Waals surface area contributed by atoms with Crippen LogP contribution in [0, 0.1) is 6.92 Å². The zero-order chi connectivity index (χ0) is 15.6. The maximum absolute atomic E-state index is 11.9. The van der Waals surface area contributed by atoms with Crippen LogP contribution >= 0.6 is 23.2 Å². The van der Waals surface area contributed by atoms with Crippen molar-refractivity contribution in [3.63, 3.8) is 0 Å². The number of esters is 1. The van der Waals surface area contributed by atoms with Crippen LogP contribution in [0.25, 0.3) is 0 Å². The highest BCUT2D eigenvalue weighted by Gasteiger charge is 2.16. The van der Waals surface area contributed by atoms with E-state index >= 15 is 0 Å². The van der Waals surface area contributed by atoms with Gasteiger partial charge >= 0.3 is 5.97 Å². The predicted molar refractivity (Wildman–Crippen MR) is 76.8 cm³/mol. The maximum atomic E-state index is 11.9. The van der Waals surface area contributed by atoms with Crippen molar-refractivity contribution in [2.75, 3.05) is 7.11 Å². The first-order valence-electron chi connectivity index (χ1n) is 5.92. The second-order valence-corrected chi connectivity index (χ2v) is 4.99. The first-order valence-corrected chi connectivity index (χ1v) is 6.67. The number of halogens is 2. The lowest BCUT2D eigenvalue weighted by Crippen LogP contribution is -2.22. The Morgan fingerprint density at radius 3 is 2.67 bits per heavy atom. The average molecular weight is 331 g/mol. The Morgan fingerprint density at radius 2 is 2.10 bits per heavy atom. The Balaban J connectivity index is 2.03. The van der Waals surface area contributed by atoms with Crippen molar-refractivity contribution in [1.29, 1.82) is 0 Å². The van der Waals surface area contributed by atoms with E-state index in [1.165, 1.54) is 19.2 Å². The Kier molecular flexibility index (Phi) is 4.59. The van der Waals surface area contributed by atoms with Crippen LogP contribution in [-0.4, -0.2) is 24.0 Å². The van der Waals surface area contributed by atoms with E-state index in [9.17, 15) is 9.59 Å². The van der Waals surface area contributed by atoms with Gasteiger partial charge in [-0.1, -0.05) is 23.2 Å². The molecule has 0 aromatic carbocycles. The maximum Gasteiger partial charge on any atom is 0.341 e. The lowest BCUT2D eigenvalue weighted by molar-refractivity contribution is 0.0598. The van der Waals surface area contributed by atoms with Crippen LogP contribution in [0.3, 0.4) is 0 Å². The van der Waals surface area contributed by atoms with E-state index in [0.717, 1.165) is 0 Å². The number of H-pyrrole nitrogens is 1. The molecule has 0 unspecified atom stereocenters. The minimum absolute atomic E-state index is 0.116. The number of aromatic amines is 1. The summed E-state index contributed by atoms with van der Waals surface area (Å²) < 4.78 is 10.00. The zero-order valence-corrected chi connectivity index (χ0v) is 12.8. The highest BCUT2D eigenvalue weighted by molar-refractivity contribution is 6.41. The number of aryl methyl sites for hydroxylation is 1. The molecule has 2 heterocycles. The van der Waals surface area contributed by atoms with Gasteiger partial charge in [-0.15, -0.1) is 0 Å². The van der Waals surface area contributed by atoms with Crippen LogP contribution < -0.4 is 5.32 Å². The fourth-order valence-corrected chi connectivity index (χ4v) is 2.05. The van der Waals surface area contributed by atoms with Crippen LogP contribution in [-0.2, 0) is 11.3 Å². The van der Waals surface area contributed by atoms with Gasteiger partial charge in [-0.2, -0.15) is 0 Å². The molecule has 0 saturated heterocycles. The van der Waals surface area contributed by atoms with Crippen molar-refractivity contribution < 1.29 is 18.7 Å². The van der Waals surface area contributed by atoms with Crippen molar-refractivity contribution in [3.8, 4) is 0 Å². The van der Waals surface area contributed by atoms with Crippen molar-refractivity contribution in [2.24, 2.45) is 0 Å². The van der Waals surface area contributed by atoms with Crippen LogP contribution in [0.4, 0.5) is 0 Å². The summed E-state index contributed by atoms with van der Waals surface area (Å²) in [6.07, 6.45) is 0. The van der Waals surface area contributed by atoms with Crippen molar-refractivity contribution in [2.45, 2.75) is 13.5 Å². The Morgan fingerprint density at radius 1 is 1.38 bits per heavy atom. The van der Waals surface area contributed by atoms with Gasteiger partial charge < -0.3 is 19.5 Å². The molecule has 0 spiro atoms. The minimum atomic E-state index is -0.489. The van der Waals surface area contributed by atoms with Crippen LogP contribution in [0.1, 0.15) is 32.4 Å². The van der Waals surface area contributed by atoms with Crippen molar-refractivity contribution in [3.05, 3.63) is 45.1 Å². The van der Waals surface area contributed by atoms with E-state index in [1.807, 2.05) is 0 Å². The molecule has 21 heavy (non-hydrogen) atoms. The molecule has 0 aliphatic carbocycles. The van der Waals surface area contributed by atoms with Crippen LogP contribution in [0.15, 0.2) is 16.5 Å². The minimum Gasteiger partial charge on any atom is -0.465 e. The van der Waals surface area contributed by atoms with E-state index in [-0.39, 0.29) is 22.4 Å². The van der Waals surface area contributed by atoms with Gasteiger partial charge in [0, 0.05) is 0 Å². The fourth-order valence-electron chi connectivity index (χ4n) is 1.73. The number of rotatable bonds is 4. The summed E-state index contributed by atoms with van der Waals surface area (Å²) in [5.41, 5.74) is 0.564. The molecule has 112 valence electrons. The second-order valence-electron chi connectivity index (χ2n) is 4.20. The SMILES string of the molecule is COC(=O)c1cc(CNC(=O)c2cc(Cl)c(Cl)[nH]2)oc1C. The lowest BCUT2D eigenvalue weighted by atomic mass is 10.2.